The van der Waals surface area contributed by atoms with Crippen LogP contribution in [0.5, 0.6) is 0 Å². The fourth-order valence-corrected chi connectivity index (χ4v) is 2.69. The van der Waals surface area contributed by atoms with Crippen LogP contribution in [0.3, 0.4) is 0 Å². The number of hydrogen-bond donors (Lipinski definition) is 2. The molecular formula is C10H19N3O. The summed E-state index contributed by atoms with van der Waals surface area (Å²) in [5, 5.41) is 3.42. The van der Waals surface area contributed by atoms with Gasteiger partial charge in [0.2, 0.25) is 5.91 Å². The first kappa shape index (κ1) is 9.93. The van der Waals surface area contributed by atoms with Gasteiger partial charge < -0.3 is 11.1 Å². The van der Waals surface area contributed by atoms with E-state index in [0.29, 0.717) is 12.5 Å². The van der Waals surface area contributed by atoms with Gasteiger partial charge in [-0.25, -0.2) is 0 Å². The lowest BCUT2D eigenvalue weighted by atomic mass is 9.92. The molecule has 0 bridgehead atoms. The summed E-state index contributed by atoms with van der Waals surface area (Å²) in [7, 11) is 0. The lowest BCUT2D eigenvalue weighted by Gasteiger charge is -2.36. The van der Waals surface area contributed by atoms with Crippen molar-refractivity contribution >= 4 is 5.91 Å². The van der Waals surface area contributed by atoms with Crippen LogP contribution in [-0.2, 0) is 4.79 Å². The van der Waals surface area contributed by atoms with Crippen LogP contribution < -0.4 is 11.1 Å². The second-order valence-corrected chi connectivity index (χ2v) is 4.38. The number of carbonyl (C=O) groups excluding carboxylic acids is 1. The summed E-state index contributed by atoms with van der Waals surface area (Å²) in [5.74, 6) is 0.620. The van der Waals surface area contributed by atoms with Crippen LogP contribution >= 0.6 is 0 Å². The predicted molar refractivity (Wildman–Crippen MR) is 54.8 cm³/mol. The summed E-state index contributed by atoms with van der Waals surface area (Å²) in [5.41, 5.74) is 5.17. The van der Waals surface area contributed by atoms with Crippen molar-refractivity contribution in [2.75, 3.05) is 26.2 Å². The van der Waals surface area contributed by atoms with Crippen molar-refractivity contribution in [2.45, 2.75) is 25.3 Å². The van der Waals surface area contributed by atoms with Crippen molar-refractivity contribution < 1.29 is 4.79 Å². The van der Waals surface area contributed by atoms with Gasteiger partial charge in [-0.15, -0.1) is 0 Å². The van der Waals surface area contributed by atoms with Crippen molar-refractivity contribution in [1.29, 1.82) is 0 Å². The van der Waals surface area contributed by atoms with Crippen molar-refractivity contribution in [3.05, 3.63) is 0 Å². The quantitative estimate of drug-likeness (QED) is 0.644. The average Bonchev–Trinajstić information content (AvgIpc) is 2.62. The second-order valence-electron chi connectivity index (χ2n) is 4.38. The Morgan fingerprint density at radius 1 is 1.50 bits per heavy atom. The van der Waals surface area contributed by atoms with Crippen molar-refractivity contribution in [3.8, 4) is 0 Å². The van der Waals surface area contributed by atoms with Crippen molar-refractivity contribution in [1.82, 2.24) is 10.2 Å². The lowest BCUT2D eigenvalue weighted by Crippen LogP contribution is -2.46. The molecule has 3 N–H and O–H groups in total. The highest BCUT2D eigenvalue weighted by Crippen LogP contribution is 2.26. The maximum atomic E-state index is 10.7. The number of fused-ring (bicyclic) bond motifs is 1. The van der Waals surface area contributed by atoms with E-state index < -0.39 is 0 Å². The van der Waals surface area contributed by atoms with E-state index in [0.717, 1.165) is 32.1 Å². The van der Waals surface area contributed by atoms with Gasteiger partial charge in [-0.05, 0) is 31.8 Å². The molecule has 0 spiro atoms. The molecule has 14 heavy (non-hydrogen) atoms. The van der Waals surface area contributed by atoms with Crippen LogP contribution in [-0.4, -0.2) is 43.0 Å². The molecule has 4 nitrogen and oxygen atoms in total. The van der Waals surface area contributed by atoms with E-state index in [1.807, 2.05) is 0 Å². The van der Waals surface area contributed by atoms with Gasteiger partial charge in [0.1, 0.15) is 0 Å². The zero-order valence-electron chi connectivity index (χ0n) is 8.54. The van der Waals surface area contributed by atoms with E-state index in [1.165, 1.54) is 12.8 Å². The standard InChI is InChI=1S/C10H19N3O/c11-10(14)3-5-13-4-1-2-8-6-12-7-9(8)13/h8-9,12H,1-7H2,(H2,11,14). The van der Waals surface area contributed by atoms with Crippen LogP contribution in [0.1, 0.15) is 19.3 Å². The fraction of sp³-hybridized carbons (Fsp3) is 0.900. The summed E-state index contributed by atoms with van der Waals surface area (Å²) in [6.45, 7) is 4.22. The Balaban J connectivity index is 1.87. The molecule has 0 saturated carbocycles. The number of rotatable bonds is 3. The van der Waals surface area contributed by atoms with Crippen LogP contribution in [0.2, 0.25) is 0 Å². The van der Waals surface area contributed by atoms with Crippen molar-refractivity contribution in [3.63, 3.8) is 0 Å². The third-order valence-electron chi connectivity index (χ3n) is 3.44. The highest BCUT2D eigenvalue weighted by atomic mass is 16.1. The Hall–Kier alpha value is -0.610. The van der Waals surface area contributed by atoms with Crippen LogP contribution in [0.15, 0.2) is 0 Å². The minimum absolute atomic E-state index is 0.182. The molecule has 1 amide bonds. The minimum atomic E-state index is -0.182. The largest absolute Gasteiger partial charge is 0.370 e. The number of nitrogens with two attached hydrogens (primary N) is 1. The number of piperidine rings is 1. The van der Waals surface area contributed by atoms with Crippen molar-refractivity contribution in [2.24, 2.45) is 11.7 Å². The molecule has 2 unspecified atom stereocenters. The molecule has 2 aliphatic heterocycles. The Kier molecular flexibility index (Phi) is 3.03. The van der Waals surface area contributed by atoms with Gasteiger partial charge in [0.25, 0.3) is 0 Å². The Morgan fingerprint density at radius 3 is 3.14 bits per heavy atom. The first-order valence-electron chi connectivity index (χ1n) is 5.50. The molecule has 2 aliphatic rings. The minimum Gasteiger partial charge on any atom is -0.370 e. The highest BCUT2D eigenvalue weighted by molar-refractivity contribution is 5.73. The van der Waals surface area contributed by atoms with E-state index in [4.69, 9.17) is 5.73 Å². The van der Waals surface area contributed by atoms with E-state index in [9.17, 15) is 4.79 Å². The number of hydrogen-bond acceptors (Lipinski definition) is 3. The molecule has 80 valence electrons. The van der Waals surface area contributed by atoms with Gasteiger partial charge in [0, 0.05) is 25.6 Å². The Morgan fingerprint density at radius 2 is 2.36 bits per heavy atom. The summed E-state index contributed by atoms with van der Waals surface area (Å²) in [4.78, 5) is 13.1. The average molecular weight is 197 g/mol. The summed E-state index contributed by atoms with van der Waals surface area (Å²) < 4.78 is 0. The normalized spacial score (nSPS) is 32.9. The van der Waals surface area contributed by atoms with Gasteiger partial charge in [-0.2, -0.15) is 0 Å². The summed E-state index contributed by atoms with van der Waals surface area (Å²) in [6.07, 6.45) is 3.11. The number of amides is 1. The number of primary amides is 1. The Labute approximate surface area is 84.8 Å². The third-order valence-corrected chi connectivity index (χ3v) is 3.44. The lowest BCUT2D eigenvalue weighted by molar-refractivity contribution is -0.118. The van der Waals surface area contributed by atoms with E-state index in [-0.39, 0.29) is 5.91 Å². The number of likely N-dealkylation sites (tertiary alicyclic amines) is 1. The summed E-state index contributed by atoms with van der Waals surface area (Å²) >= 11 is 0. The zero-order valence-corrected chi connectivity index (χ0v) is 8.54. The first-order valence-corrected chi connectivity index (χ1v) is 5.50. The smallest absolute Gasteiger partial charge is 0.218 e. The number of nitrogens with zero attached hydrogens (tertiary/aromatic N) is 1. The van der Waals surface area contributed by atoms with Gasteiger partial charge in [0.05, 0.1) is 0 Å². The monoisotopic (exact) mass is 197 g/mol. The maximum Gasteiger partial charge on any atom is 0.218 e. The van der Waals surface area contributed by atoms with Crippen LogP contribution in [0.4, 0.5) is 0 Å². The van der Waals surface area contributed by atoms with Gasteiger partial charge >= 0.3 is 0 Å². The molecule has 0 radical (unpaired) electrons. The molecule has 4 heteroatoms. The topological polar surface area (TPSA) is 58.4 Å². The molecule has 0 aromatic carbocycles. The van der Waals surface area contributed by atoms with E-state index >= 15 is 0 Å². The molecule has 2 atom stereocenters. The summed E-state index contributed by atoms with van der Waals surface area (Å²) in [6, 6.07) is 0.656. The molecular weight excluding hydrogens is 178 g/mol. The van der Waals surface area contributed by atoms with Gasteiger partial charge in [-0.1, -0.05) is 0 Å². The number of nitrogens with one attached hydrogen (secondary N) is 1. The highest BCUT2D eigenvalue weighted by Gasteiger charge is 2.34. The molecule has 0 aliphatic carbocycles. The fourth-order valence-electron chi connectivity index (χ4n) is 2.69. The SMILES string of the molecule is NC(=O)CCN1CCCC2CNCC21. The molecule has 2 saturated heterocycles. The van der Waals surface area contributed by atoms with Crippen LogP contribution in [0.25, 0.3) is 0 Å². The van der Waals surface area contributed by atoms with Crippen LogP contribution in [0, 0.1) is 5.92 Å². The number of carbonyl (C=O) groups is 1. The zero-order chi connectivity index (χ0) is 9.97. The molecule has 0 aromatic rings. The third kappa shape index (κ3) is 2.07. The van der Waals surface area contributed by atoms with E-state index in [2.05, 4.69) is 10.2 Å². The predicted octanol–water partition coefficient (Wildman–Crippen LogP) is -0.454. The maximum absolute atomic E-state index is 10.7. The van der Waals surface area contributed by atoms with E-state index in [1.54, 1.807) is 0 Å². The second kappa shape index (κ2) is 4.28. The molecule has 2 fully saturated rings. The van der Waals surface area contributed by atoms with Gasteiger partial charge in [0.15, 0.2) is 0 Å². The first-order chi connectivity index (χ1) is 6.77. The van der Waals surface area contributed by atoms with Gasteiger partial charge in [-0.3, -0.25) is 9.69 Å². The molecule has 2 rings (SSSR count). The Bertz CT molecular complexity index is 219. The molecule has 0 aromatic heterocycles. The molecule has 2 heterocycles.